The molecule has 1 aromatic carbocycles. The molecule has 1 N–H and O–H groups in total. The SMILES string of the molecule is COc1ccc(Cl)cc1C(=O)CCC(=O)NCCCN1CCCC1=O. The van der Waals surface area contributed by atoms with Gasteiger partial charge < -0.3 is 15.0 Å². The molecule has 1 aliphatic heterocycles. The van der Waals surface area contributed by atoms with Crippen LogP contribution in [-0.4, -0.2) is 49.2 Å². The largest absolute Gasteiger partial charge is 0.496 e. The van der Waals surface area contributed by atoms with Gasteiger partial charge in [-0.25, -0.2) is 0 Å². The third-order valence-electron chi connectivity index (χ3n) is 4.14. The molecule has 0 aromatic heterocycles. The summed E-state index contributed by atoms with van der Waals surface area (Å²) in [4.78, 5) is 37.4. The van der Waals surface area contributed by atoms with E-state index in [1.807, 2.05) is 4.90 Å². The zero-order valence-corrected chi connectivity index (χ0v) is 15.1. The number of hydrogen-bond donors (Lipinski definition) is 1. The number of halogens is 1. The van der Waals surface area contributed by atoms with Gasteiger partial charge in [-0.2, -0.15) is 0 Å². The Labute approximate surface area is 152 Å². The quantitative estimate of drug-likeness (QED) is 0.538. The van der Waals surface area contributed by atoms with Crippen LogP contribution < -0.4 is 10.1 Å². The number of methoxy groups -OCH3 is 1. The fourth-order valence-corrected chi connectivity index (χ4v) is 2.96. The summed E-state index contributed by atoms with van der Waals surface area (Å²) in [5.74, 6) is 0.275. The lowest BCUT2D eigenvalue weighted by atomic mass is 10.1. The van der Waals surface area contributed by atoms with E-state index < -0.39 is 0 Å². The van der Waals surface area contributed by atoms with Crippen molar-refractivity contribution in [1.82, 2.24) is 10.2 Å². The molecule has 2 rings (SSSR count). The van der Waals surface area contributed by atoms with Crippen LogP contribution in [0, 0.1) is 0 Å². The average Bonchev–Trinajstić information content (AvgIpc) is 3.01. The van der Waals surface area contributed by atoms with Crippen LogP contribution in [0.5, 0.6) is 5.75 Å². The highest BCUT2D eigenvalue weighted by Gasteiger charge is 2.19. The Morgan fingerprint density at radius 2 is 2.12 bits per heavy atom. The predicted molar refractivity (Wildman–Crippen MR) is 95.0 cm³/mol. The summed E-state index contributed by atoms with van der Waals surface area (Å²) >= 11 is 5.91. The van der Waals surface area contributed by atoms with Gasteiger partial charge in [0, 0.05) is 43.9 Å². The van der Waals surface area contributed by atoms with Crippen LogP contribution in [0.4, 0.5) is 0 Å². The average molecular weight is 367 g/mol. The molecule has 25 heavy (non-hydrogen) atoms. The normalized spacial score (nSPS) is 13.8. The Morgan fingerprint density at radius 3 is 2.80 bits per heavy atom. The highest BCUT2D eigenvalue weighted by Crippen LogP contribution is 2.24. The molecule has 0 atom stereocenters. The van der Waals surface area contributed by atoms with Gasteiger partial charge in [0.2, 0.25) is 11.8 Å². The van der Waals surface area contributed by atoms with Gasteiger partial charge in [0.1, 0.15) is 5.75 Å². The van der Waals surface area contributed by atoms with Crippen LogP contribution in [0.3, 0.4) is 0 Å². The molecule has 0 bridgehead atoms. The van der Waals surface area contributed by atoms with Gasteiger partial charge in [-0.1, -0.05) is 11.6 Å². The van der Waals surface area contributed by atoms with E-state index in [9.17, 15) is 14.4 Å². The summed E-state index contributed by atoms with van der Waals surface area (Å²) in [5.41, 5.74) is 0.385. The number of hydrogen-bond acceptors (Lipinski definition) is 4. The van der Waals surface area contributed by atoms with Crippen molar-refractivity contribution in [1.29, 1.82) is 0 Å². The number of likely N-dealkylation sites (tertiary alicyclic amines) is 1. The number of nitrogens with one attached hydrogen (secondary N) is 1. The lowest BCUT2D eigenvalue weighted by molar-refractivity contribution is -0.127. The summed E-state index contributed by atoms with van der Waals surface area (Å²) in [6, 6.07) is 4.83. The van der Waals surface area contributed by atoms with Gasteiger partial charge in [0.05, 0.1) is 12.7 Å². The van der Waals surface area contributed by atoms with Crippen molar-refractivity contribution in [3.8, 4) is 5.75 Å². The maximum absolute atomic E-state index is 12.3. The van der Waals surface area contributed by atoms with Gasteiger partial charge in [-0.05, 0) is 31.0 Å². The number of benzene rings is 1. The molecule has 0 saturated carbocycles. The van der Waals surface area contributed by atoms with E-state index in [2.05, 4.69) is 5.32 Å². The fraction of sp³-hybridized carbons (Fsp3) is 0.500. The Bertz CT molecular complexity index is 648. The van der Waals surface area contributed by atoms with Crippen molar-refractivity contribution in [2.75, 3.05) is 26.7 Å². The molecule has 0 unspecified atom stereocenters. The number of ether oxygens (including phenoxy) is 1. The van der Waals surface area contributed by atoms with Crippen molar-refractivity contribution < 1.29 is 19.1 Å². The first-order chi connectivity index (χ1) is 12.0. The minimum absolute atomic E-state index is 0.0904. The lowest BCUT2D eigenvalue weighted by Gasteiger charge is -2.15. The Hall–Kier alpha value is -2.08. The van der Waals surface area contributed by atoms with Crippen LogP contribution in [0.2, 0.25) is 5.02 Å². The van der Waals surface area contributed by atoms with Crippen LogP contribution in [0.1, 0.15) is 42.5 Å². The van der Waals surface area contributed by atoms with Gasteiger partial charge in [-0.15, -0.1) is 0 Å². The molecule has 1 heterocycles. The number of ketones is 1. The predicted octanol–water partition coefficient (Wildman–Crippen LogP) is 2.44. The van der Waals surface area contributed by atoms with Crippen molar-refractivity contribution in [3.63, 3.8) is 0 Å². The first kappa shape index (κ1) is 19.2. The fourth-order valence-electron chi connectivity index (χ4n) is 2.79. The topological polar surface area (TPSA) is 75.7 Å². The summed E-state index contributed by atoms with van der Waals surface area (Å²) in [7, 11) is 1.48. The van der Waals surface area contributed by atoms with E-state index in [0.29, 0.717) is 42.3 Å². The second kappa shape index (κ2) is 9.42. The number of amides is 2. The number of rotatable bonds is 9. The Balaban J connectivity index is 1.70. The Morgan fingerprint density at radius 1 is 1.32 bits per heavy atom. The molecule has 136 valence electrons. The molecule has 1 aromatic rings. The van der Waals surface area contributed by atoms with Crippen LogP contribution in [-0.2, 0) is 9.59 Å². The van der Waals surface area contributed by atoms with Gasteiger partial charge in [0.25, 0.3) is 0 Å². The van der Waals surface area contributed by atoms with E-state index in [1.165, 1.54) is 7.11 Å². The molecular weight excluding hydrogens is 344 g/mol. The maximum Gasteiger partial charge on any atom is 0.222 e. The van der Waals surface area contributed by atoms with E-state index in [0.717, 1.165) is 13.0 Å². The van der Waals surface area contributed by atoms with Gasteiger partial charge in [0.15, 0.2) is 5.78 Å². The summed E-state index contributed by atoms with van der Waals surface area (Å²) in [5, 5.41) is 3.23. The minimum Gasteiger partial charge on any atom is -0.496 e. The molecule has 7 heteroatoms. The first-order valence-corrected chi connectivity index (χ1v) is 8.80. The molecule has 0 aliphatic carbocycles. The number of Topliss-reactive ketones (excluding diaryl/α,β-unsaturated/α-hetero) is 1. The highest BCUT2D eigenvalue weighted by molar-refractivity contribution is 6.31. The molecular formula is C18H23ClN2O4. The molecule has 0 radical (unpaired) electrons. The van der Waals surface area contributed by atoms with Crippen LogP contribution in [0.25, 0.3) is 0 Å². The lowest BCUT2D eigenvalue weighted by Crippen LogP contribution is -2.30. The van der Waals surface area contributed by atoms with Crippen molar-refractivity contribution in [2.24, 2.45) is 0 Å². The van der Waals surface area contributed by atoms with E-state index in [4.69, 9.17) is 16.3 Å². The third kappa shape index (κ3) is 5.74. The van der Waals surface area contributed by atoms with E-state index in [-0.39, 0.29) is 30.4 Å². The highest BCUT2D eigenvalue weighted by atomic mass is 35.5. The smallest absolute Gasteiger partial charge is 0.222 e. The first-order valence-electron chi connectivity index (χ1n) is 8.42. The molecule has 1 fully saturated rings. The van der Waals surface area contributed by atoms with Gasteiger partial charge >= 0.3 is 0 Å². The second-order valence-electron chi connectivity index (χ2n) is 5.96. The van der Waals surface area contributed by atoms with Crippen molar-refractivity contribution in [3.05, 3.63) is 28.8 Å². The molecule has 1 aliphatic rings. The maximum atomic E-state index is 12.3. The zero-order valence-electron chi connectivity index (χ0n) is 14.3. The summed E-state index contributed by atoms with van der Waals surface area (Å²) in [6.45, 7) is 1.97. The molecule has 6 nitrogen and oxygen atoms in total. The second-order valence-corrected chi connectivity index (χ2v) is 6.39. The van der Waals surface area contributed by atoms with Crippen LogP contribution in [0.15, 0.2) is 18.2 Å². The summed E-state index contributed by atoms with van der Waals surface area (Å²) in [6.07, 6.45) is 2.46. The monoisotopic (exact) mass is 366 g/mol. The number of nitrogens with zero attached hydrogens (tertiary/aromatic N) is 1. The molecule has 1 saturated heterocycles. The molecule has 2 amide bonds. The Kier molecular flexibility index (Phi) is 7.25. The number of carbonyl (C=O) groups is 3. The summed E-state index contributed by atoms with van der Waals surface area (Å²) < 4.78 is 5.15. The standard InChI is InChI=1S/C18H23ClN2O4/c1-25-16-7-5-13(19)12-14(16)15(22)6-8-17(23)20-9-3-11-21-10-2-4-18(21)24/h5,7,12H,2-4,6,8-11H2,1H3,(H,20,23). The van der Waals surface area contributed by atoms with E-state index in [1.54, 1.807) is 18.2 Å². The van der Waals surface area contributed by atoms with Gasteiger partial charge in [-0.3, -0.25) is 14.4 Å². The van der Waals surface area contributed by atoms with Crippen LogP contribution >= 0.6 is 11.6 Å². The third-order valence-corrected chi connectivity index (χ3v) is 4.37. The van der Waals surface area contributed by atoms with Crippen molar-refractivity contribution in [2.45, 2.75) is 32.1 Å². The minimum atomic E-state index is -0.183. The van der Waals surface area contributed by atoms with E-state index >= 15 is 0 Å². The zero-order chi connectivity index (χ0) is 18.2. The molecule has 0 spiro atoms. The van der Waals surface area contributed by atoms with Crippen molar-refractivity contribution >= 4 is 29.2 Å². The number of carbonyl (C=O) groups excluding carboxylic acids is 3.